The molecule has 2 aromatic rings. The number of nitrogens with zero attached hydrogens (tertiary/aromatic N) is 3. The van der Waals surface area contributed by atoms with Crippen molar-refractivity contribution in [2.24, 2.45) is 10.9 Å². The van der Waals surface area contributed by atoms with E-state index in [2.05, 4.69) is 44.1 Å². The van der Waals surface area contributed by atoms with Crippen molar-refractivity contribution in [2.75, 3.05) is 47.3 Å². The number of hydrogen-bond acceptors (Lipinski definition) is 4. The number of carbonyl (C=O) groups is 1. The highest BCUT2D eigenvalue weighted by molar-refractivity contribution is 7.09. The first-order chi connectivity index (χ1) is 15.0. The molecule has 1 unspecified atom stereocenters. The van der Waals surface area contributed by atoms with E-state index in [4.69, 9.17) is 0 Å². The van der Waals surface area contributed by atoms with E-state index < -0.39 is 0 Å². The van der Waals surface area contributed by atoms with Gasteiger partial charge in [-0.3, -0.25) is 14.7 Å². The van der Waals surface area contributed by atoms with Gasteiger partial charge in [-0.05, 0) is 60.9 Å². The average Bonchev–Trinajstić information content (AvgIpc) is 3.29. The number of amides is 1. The first-order valence-electron chi connectivity index (χ1n) is 11.0. The summed E-state index contributed by atoms with van der Waals surface area (Å²) in [7, 11) is 5.37. The number of piperidine rings is 1. The van der Waals surface area contributed by atoms with Gasteiger partial charge in [0.2, 0.25) is 0 Å². The van der Waals surface area contributed by atoms with Gasteiger partial charge in [-0.25, -0.2) is 0 Å². The van der Waals surface area contributed by atoms with Crippen LogP contribution in [-0.2, 0) is 13.0 Å². The van der Waals surface area contributed by atoms with Crippen LogP contribution in [0.15, 0.2) is 46.8 Å². The zero-order chi connectivity index (χ0) is 22.1. The standard InChI is InChI=1S/C24H35N5OS/c1-25-24(26-12-11-19-7-4-9-21(15-19)23(30)28(2)3)27-16-20-8-5-13-29(17-20)18-22-10-6-14-31-22/h4,6-7,9-10,14-15,20H,5,8,11-13,16-18H2,1-3H3,(H2,25,26,27). The van der Waals surface area contributed by atoms with Crippen molar-refractivity contribution in [3.05, 3.63) is 57.8 Å². The topological polar surface area (TPSA) is 60.0 Å². The maximum Gasteiger partial charge on any atom is 0.253 e. The molecule has 6 nitrogen and oxygen atoms in total. The lowest BCUT2D eigenvalue weighted by molar-refractivity contribution is 0.0827. The maximum absolute atomic E-state index is 12.2. The molecular formula is C24H35N5OS. The van der Waals surface area contributed by atoms with Crippen molar-refractivity contribution in [1.82, 2.24) is 20.4 Å². The Morgan fingerprint density at radius 2 is 2.13 bits per heavy atom. The number of hydrogen-bond donors (Lipinski definition) is 2. The number of benzene rings is 1. The molecule has 31 heavy (non-hydrogen) atoms. The molecule has 3 rings (SSSR count). The SMILES string of the molecule is CN=C(NCCc1cccc(C(=O)N(C)C)c1)NCC1CCCN(Cc2cccs2)C1. The van der Waals surface area contributed by atoms with Crippen LogP contribution in [0.4, 0.5) is 0 Å². The van der Waals surface area contributed by atoms with Gasteiger partial charge >= 0.3 is 0 Å². The molecule has 0 spiro atoms. The van der Waals surface area contributed by atoms with Gasteiger partial charge in [0, 0.05) is 57.8 Å². The Morgan fingerprint density at radius 3 is 2.87 bits per heavy atom. The summed E-state index contributed by atoms with van der Waals surface area (Å²) in [4.78, 5) is 22.1. The smallest absolute Gasteiger partial charge is 0.253 e. The summed E-state index contributed by atoms with van der Waals surface area (Å²) in [5.74, 6) is 1.52. The number of guanidine groups is 1. The number of nitrogens with one attached hydrogen (secondary N) is 2. The summed E-state index contributed by atoms with van der Waals surface area (Å²) >= 11 is 1.84. The normalized spacial score (nSPS) is 17.4. The summed E-state index contributed by atoms with van der Waals surface area (Å²) in [5, 5.41) is 9.07. The molecule has 1 aliphatic heterocycles. The number of rotatable bonds is 8. The highest BCUT2D eigenvalue weighted by atomic mass is 32.1. The predicted octanol–water partition coefficient (Wildman–Crippen LogP) is 3.07. The molecule has 1 atom stereocenters. The minimum absolute atomic E-state index is 0.0351. The van der Waals surface area contributed by atoms with Gasteiger partial charge < -0.3 is 15.5 Å². The van der Waals surface area contributed by atoms with E-state index in [0.29, 0.717) is 5.92 Å². The summed E-state index contributed by atoms with van der Waals surface area (Å²) in [6, 6.07) is 12.2. The monoisotopic (exact) mass is 441 g/mol. The molecule has 2 heterocycles. The lowest BCUT2D eigenvalue weighted by atomic mass is 9.98. The zero-order valence-corrected chi connectivity index (χ0v) is 19.8. The van der Waals surface area contributed by atoms with Crippen LogP contribution in [0.5, 0.6) is 0 Å². The second kappa shape index (κ2) is 11.9. The Morgan fingerprint density at radius 1 is 1.26 bits per heavy atom. The highest BCUT2D eigenvalue weighted by Gasteiger charge is 2.20. The van der Waals surface area contributed by atoms with Crippen molar-refractivity contribution in [1.29, 1.82) is 0 Å². The number of carbonyl (C=O) groups excluding carboxylic acids is 1. The summed E-state index contributed by atoms with van der Waals surface area (Å²) in [5.41, 5.74) is 1.88. The van der Waals surface area contributed by atoms with Crippen LogP contribution < -0.4 is 10.6 Å². The molecule has 1 fully saturated rings. The molecule has 1 saturated heterocycles. The second-order valence-corrected chi connectivity index (χ2v) is 9.38. The summed E-state index contributed by atoms with van der Waals surface area (Å²) in [6.45, 7) is 5.10. The largest absolute Gasteiger partial charge is 0.356 e. The van der Waals surface area contributed by atoms with Gasteiger partial charge in [0.15, 0.2) is 5.96 Å². The average molecular weight is 442 g/mol. The van der Waals surface area contributed by atoms with Crippen LogP contribution in [0.25, 0.3) is 0 Å². The Bertz CT molecular complexity index is 849. The van der Waals surface area contributed by atoms with E-state index in [9.17, 15) is 4.79 Å². The van der Waals surface area contributed by atoms with Gasteiger partial charge in [0.25, 0.3) is 5.91 Å². The van der Waals surface area contributed by atoms with Crippen LogP contribution >= 0.6 is 11.3 Å². The Hall–Kier alpha value is -2.38. The quantitative estimate of drug-likeness (QED) is 0.488. The van der Waals surface area contributed by atoms with Crippen molar-refractivity contribution in [3.8, 4) is 0 Å². The minimum Gasteiger partial charge on any atom is -0.356 e. The highest BCUT2D eigenvalue weighted by Crippen LogP contribution is 2.20. The molecule has 7 heteroatoms. The Labute approximate surface area is 190 Å². The third-order valence-electron chi connectivity index (χ3n) is 5.63. The van der Waals surface area contributed by atoms with Crippen molar-refractivity contribution >= 4 is 23.2 Å². The van der Waals surface area contributed by atoms with Crippen LogP contribution in [0.2, 0.25) is 0 Å². The number of thiophene rings is 1. The first kappa shape index (κ1) is 23.3. The van der Waals surface area contributed by atoms with Gasteiger partial charge in [-0.15, -0.1) is 11.3 Å². The van der Waals surface area contributed by atoms with E-state index in [1.165, 1.54) is 24.3 Å². The van der Waals surface area contributed by atoms with E-state index in [1.54, 1.807) is 19.0 Å². The van der Waals surface area contributed by atoms with Crippen LogP contribution in [0, 0.1) is 5.92 Å². The molecule has 0 bridgehead atoms. The second-order valence-electron chi connectivity index (χ2n) is 8.35. The minimum atomic E-state index is 0.0351. The van der Waals surface area contributed by atoms with E-state index >= 15 is 0 Å². The lowest BCUT2D eigenvalue weighted by Crippen LogP contribution is -2.44. The summed E-state index contributed by atoms with van der Waals surface area (Å²) in [6.07, 6.45) is 3.36. The van der Waals surface area contributed by atoms with E-state index in [-0.39, 0.29) is 5.91 Å². The van der Waals surface area contributed by atoms with Gasteiger partial charge in [-0.2, -0.15) is 0 Å². The van der Waals surface area contributed by atoms with Gasteiger partial charge in [0.05, 0.1) is 0 Å². The fourth-order valence-electron chi connectivity index (χ4n) is 3.99. The molecule has 1 aromatic heterocycles. The number of aliphatic imine (C=N–C) groups is 1. The molecule has 0 radical (unpaired) electrons. The molecule has 1 aromatic carbocycles. The van der Waals surface area contributed by atoms with Crippen LogP contribution in [0.3, 0.4) is 0 Å². The third kappa shape index (κ3) is 7.36. The molecule has 0 aliphatic carbocycles. The Balaban J connectivity index is 1.41. The van der Waals surface area contributed by atoms with Gasteiger partial charge in [-0.1, -0.05) is 18.2 Å². The molecule has 2 N–H and O–H groups in total. The third-order valence-corrected chi connectivity index (χ3v) is 6.49. The zero-order valence-electron chi connectivity index (χ0n) is 18.9. The molecule has 1 aliphatic rings. The van der Waals surface area contributed by atoms with E-state index in [1.807, 2.05) is 36.6 Å². The fraction of sp³-hybridized carbons (Fsp3) is 0.500. The summed E-state index contributed by atoms with van der Waals surface area (Å²) < 4.78 is 0. The lowest BCUT2D eigenvalue weighted by Gasteiger charge is -2.32. The Kier molecular flexibility index (Phi) is 8.91. The maximum atomic E-state index is 12.2. The van der Waals surface area contributed by atoms with Crippen molar-refractivity contribution in [3.63, 3.8) is 0 Å². The molecular weight excluding hydrogens is 406 g/mol. The van der Waals surface area contributed by atoms with Crippen LogP contribution in [-0.4, -0.2) is 69.0 Å². The van der Waals surface area contributed by atoms with Crippen LogP contribution in [0.1, 0.15) is 33.6 Å². The fourth-order valence-corrected chi connectivity index (χ4v) is 4.74. The molecule has 0 saturated carbocycles. The molecule has 1 amide bonds. The van der Waals surface area contributed by atoms with Gasteiger partial charge in [0.1, 0.15) is 0 Å². The van der Waals surface area contributed by atoms with E-state index in [0.717, 1.165) is 49.7 Å². The molecule has 168 valence electrons. The first-order valence-corrected chi connectivity index (χ1v) is 11.9. The predicted molar refractivity (Wildman–Crippen MR) is 130 cm³/mol. The van der Waals surface area contributed by atoms with Crippen molar-refractivity contribution in [2.45, 2.75) is 25.8 Å². The van der Waals surface area contributed by atoms with Crippen molar-refractivity contribution < 1.29 is 4.79 Å². The number of likely N-dealkylation sites (tertiary alicyclic amines) is 1.